The van der Waals surface area contributed by atoms with Crippen molar-refractivity contribution in [3.05, 3.63) is 41.6 Å². The lowest BCUT2D eigenvalue weighted by Crippen LogP contribution is -2.49. The van der Waals surface area contributed by atoms with E-state index in [1.54, 1.807) is 15.9 Å². The number of aromatic nitrogens is 2. The first-order chi connectivity index (χ1) is 15.2. The van der Waals surface area contributed by atoms with E-state index in [2.05, 4.69) is 5.10 Å². The molecule has 0 aliphatic carbocycles. The number of alkyl halides is 3. The van der Waals surface area contributed by atoms with Crippen LogP contribution < -0.4 is 9.80 Å². The van der Waals surface area contributed by atoms with Gasteiger partial charge in [-0.25, -0.2) is 4.68 Å². The molecule has 1 fully saturated rings. The van der Waals surface area contributed by atoms with Crippen molar-refractivity contribution >= 4 is 23.3 Å². The quantitative estimate of drug-likeness (QED) is 0.704. The first kappa shape index (κ1) is 22.2. The van der Waals surface area contributed by atoms with Crippen molar-refractivity contribution in [3.63, 3.8) is 0 Å². The number of hydrogen-bond donors (Lipinski definition) is 0. The third-order valence-electron chi connectivity index (χ3n) is 5.94. The molecule has 7 nitrogen and oxygen atoms in total. The lowest BCUT2D eigenvalue weighted by molar-refractivity contribution is -0.137. The van der Waals surface area contributed by atoms with Crippen molar-refractivity contribution in [1.29, 1.82) is 0 Å². The highest BCUT2D eigenvalue weighted by Gasteiger charge is 2.31. The zero-order valence-electron chi connectivity index (χ0n) is 17.9. The van der Waals surface area contributed by atoms with Gasteiger partial charge in [-0.3, -0.25) is 14.5 Å². The molecule has 2 aliphatic heterocycles. The number of rotatable bonds is 5. The van der Waals surface area contributed by atoms with Crippen LogP contribution in [0, 0.1) is 6.92 Å². The highest BCUT2D eigenvalue weighted by Crippen LogP contribution is 2.32. The van der Waals surface area contributed by atoms with E-state index in [9.17, 15) is 22.8 Å². The number of fused-ring (bicyclic) bond motifs is 1. The minimum Gasteiger partial charge on any atom is -0.368 e. The Balaban J connectivity index is 1.27. The van der Waals surface area contributed by atoms with Crippen molar-refractivity contribution in [2.75, 3.05) is 42.5 Å². The zero-order valence-corrected chi connectivity index (χ0v) is 17.9. The number of nitrogens with zero attached hydrogens (tertiary/aromatic N) is 5. The van der Waals surface area contributed by atoms with Crippen molar-refractivity contribution in [3.8, 4) is 0 Å². The molecule has 2 aromatic rings. The van der Waals surface area contributed by atoms with Gasteiger partial charge in [0.15, 0.2) is 0 Å². The van der Waals surface area contributed by atoms with E-state index >= 15 is 0 Å². The fourth-order valence-corrected chi connectivity index (χ4v) is 4.26. The summed E-state index contributed by atoms with van der Waals surface area (Å²) in [5.74, 6) is 0.822. The molecule has 1 aromatic heterocycles. The Labute approximate surface area is 184 Å². The molecule has 172 valence electrons. The van der Waals surface area contributed by atoms with Crippen LogP contribution in [0.25, 0.3) is 0 Å². The molecule has 3 heterocycles. The summed E-state index contributed by atoms with van der Waals surface area (Å²) in [6, 6.07) is 7.16. The van der Waals surface area contributed by atoms with Crippen LogP contribution in [0.5, 0.6) is 0 Å². The maximum absolute atomic E-state index is 13.0. The van der Waals surface area contributed by atoms with E-state index < -0.39 is 11.7 Å². The van der Waals surface area contributed by atoms with Crippen molar-refractivity contribution in [1.82, 2.24) is 14.7 Å². The SMILES string of the molecule is Cc1cc2n(n1)CCC(=O)N2CCCC(=O)N1CCN(c2cccc(C(F)(F)F)c2)CC1. The van der Waals surface area contributed by atoms with Gasteiger partial charge in [0.05, 0.1) is 17.8 Å². The number of anilines is 2. The zero-order chi connectivity index (χ0) is 22.9. The fourth-order valence-electron chi connectivity index (χ4n) is 4.26. The first-order valence-corrected chi connectivity index (χ1v) is 10.8. The van der Waals surface area contributed by atoms with Gasteiger partial charge in [0.25, 0.3) is 0 Å². The number of aryl methyl sites for hydroxylation is 2. The smallest absolute Gasteiger partial charge is 0.368 e. The molecule has 1 saturated heterocycles. The van der Waals surface area contributed by atoms with E-state index in [0.29, 0.717) is 64.2 Å². The summed E-state index contributed by atoms with van der Waals surface area (Å²) in [6.07, 6.45) is -3.11. The fraction of sp³-hybridized carbons (Fsp3) is 0.500. The molecular weight excluding hydrogens is 423 g/mol. The van der Waals surface area contributed by atoms with Gasteiger partial charge in [-0.05, 0) is 31.5 Å². The summed E-state index contributed by atoms with van der Waals surface area (Å²) in [6.45, 7) is 4.81. The summed E-state index contributed by atoms with van der Waals surface area (Å²) in [4.78, 5) is 30.3. The third kappa shape index (κ3) is 4.73. The van der Waals surface area contributed by atoms with E-state index in [1.807, 2.05) is 22.6 Å². The molecule has 2 aliphatic rings. The van der Waals surface area contributed by atoms with Gasteiger partial charge >= 0.3 is 6.18 Å². The second-order valence-electron chi connectivity index (χ2n) is 8.18. The van der Waals surface area contributed by atoms with Gasteiger partial charge in [-0.1, -0.05) is 6.07 Å². The normalized spacial score (nSPS) is 17.0. The van der Waals surface area contributed by atoms with Crippen LogP contribution in [0.2, 0.25) is 0 Å². The third-order valence-corrected chi connectivity index (χ3v) is 5.94. The lowest BCUT2D eigenvalue weighted by atomic mass is 10.1. The molecule has 0 radical (unpaired) electrons. The molecule has 32 heavy (non-hydrogen) atoms. The average Bonchev–Trinajstić information content (AvgIpc) is 3.15. The summed E-state index contributed by atoms with van der Waals surface area (Å²) >= 11 is 0. The summed E-state index contributed by atoms with van der Waals surface area (Å²) in [5, 5.41) is 4.38. The summed E-state index contributed by atoms with van der Waals surface area (Å²) in [5.41, 5.74) is 0.703. The second kappa shape index (κ2) is 8.84. The minimum atomic E-state index is -4.38. The van der Waals surface area contributed by atoms with Crippen LogP contribution in [0.3, 0.4) is 0 Å². The molecule has 1 aromatic carbocycles. The predicted molar refractivity (Wildman–Crippen MR) is 113 cm³/mol. The second-order valence-corrected chi connectivity index (χ2v) is 8.18. The maximum Gasteiger partial charge on any atom is 0.416 e. The van der Waals surface area contributed by atoms with Crippen LogP contribution in [0.4, 0.5) is 24.7 Å². The molecule has 10 heteroatoms. The van der Waals surface area contributed by atoms with Gasteiger partial charge in [0.1, 0.15) is 5.82 Å². The van der Waals surface area contributed by atoms with Crippen LogP contribution in [-0.4, -0.2) is 59.2 Å². The Morgan fingerprint density at radius 1 is 1.09 bits per heavy atom. The Morgan fingerprint density at radius 2 is 1.84 bits per heavy atom. The van der Waals surface area contributed by atoms with Crippen LogP contribution in [0.15, 0.2) is 30.3 Å². The van der Waals surface area contributed by atoms with Crippen LogP contribution >= 0.6 is 0 Å². The number of hydrogen-bond acceptors (Lipinski definition) is 4. The molecule has 0 saturated carbocycles. The molecule has 0 bridgehead atoms. The number of amides is 2. The summed E-state index contributed by atoms with van der Waals surface area (Å²) < 4.78 is 40.7. The molecule has 0 N–H and O–H groups in total. The number of piperazine rings is 1. The molecule has 0 unspecified atom stereocenters. The molecule has 0 spiro atoms. The highest BCUT2D eigenvalue weighted by atomic mass is 19.4. The Morgan fingerprint density at radius 3 is 2.56 bits per heavy atom. The van der Waals surface area contributed by atoms with Gasteiger partial charge in [-0.2, -0.15) is 18.3 Å². The highest BCUT2D eigenvalue weighted by molar-refractivity contribution is 5.93. The number of benzene rings is 1. The van der Waals surface area contributed by atoms with Crippen molar-refractivity contribution < 1.29 is 22.8 Å². The Bertz CT molecular complexity index is 996. The maximum atomic E-state index is 13.0. The molecule has 0 atom stereocenters. The van der Waals surface area contributed by atoms with Gasteiger partial charge in [-0.15, -0.1) is 0 Å². The minimum absolute atomic E-state index is 0.00263. The summed E-state index contributed by atoms with van der Waals surface area (Å²) in [7, 11) is 0. The van der Waals surface area contributed by atoms with E-state index in [4.69, 9.17) is 0 Å². The van der Waals surface area contributed by atoms with E-state index in [0.717, 1.165) is 23.6 Å². The molecule has 4 rings (SSSR count). The number of carbonyl (C=O) groups excluding carboxylic acids is 2. The van der Waals surface area contributed by atoms with Crippen molar-refractivity contribution in [2.24, 2.45) is 0 Å². The van der Waals surface area contributed by atoms with E-state index in [-0.39, 0.29) is 11.8 Å². The van der Waals surface area contributed by atoms with Gasteiger partial charge < -0.3 is 9.80 Å². The predicted octanol–water partition coefficient (Wildman–Crippen LogP) is 3.08. The lowest BCUT2D eigenvalue weighted by Gasteiger charge is -2.36. The van der Waals surface area contributed by atoms with Crippen molar-refractivity contribution in [2.45, 2.75) is 38.9 Å². The Kier molecular flexibility index (Phi) is 6.12. The number of halogens is 3. The first-order valence-electron chi connectivity index (χ1n) is 10.8. The average molecular weight is 449 g/mol. The van der Waals surface area contributed by atoms with E-state index in [1.165, 1.54) is 6.07 Å². The standard InChI is InChI=1S/C22H26F3N5O2/c1-16-14-19-29(21(32)7-9-30(19)26-16)8-3-6-20(31)28-12-10-27(11-13-28)18-5-2-4-17(15-18)22(23,24)25/h2,4-5,14-15H,3,6-13H2,1H3. The van der Waals surface area contributed by atoms with Crippen LogP contribution in [0.1, 0.15) is 30.5 Å². The van der Waals surface area contributed by atoms with Crippen LogP contribution in [-0.2, 0) is 22.3 Å². The monoisotopic (exact) mass is 449 g/mol. The largest absolute Gasteiger partial charge is 0.416 e. The Hall–Kier alpha value is -3.04. The molecular formula is C22H26F3N5O2. The number of carbonyl (C=O) groups is 2. The van der Waals surface area contributed by atoms with Gasteiger partial charge in [0, 0.05) is 57.3 Å². The van der Waals surface area contributed by atoms with Gasteiger partial charge in [0.2, 0.25) is 11.8 Å². The topological polar surface area (TPSA) is 61.7 Å². The molecule has 2 amide bonds.